The number of halogens is 1. The van der Waals surface area contributed by atoms with Gasteiger partial charge in [-0.1, -0.05) is 4.40 Å². The third-order valence-corrected chi connectivity index (χ3v) is 4.39. The molecule has 0 saturated heterocycles. The van der Waals surface area contributed by atoms with Crippen LogP contribution in [0.25, 0.3) is 5.52 Å². The van der Waals surface area contributed by atoms with Crippen molar-refractivity contribution >= 4 is 39.0 Å². The van der Waals surface area contributed by atoms with Gasteiger partial charge in [-0.3, -0.25) is 0 Å². The molecule has 1 atom stereocenters. The summed E-state index contributed by atoms with van der Waals surface area (Å²) in [6, 6.07) is 5.95. The largest absolute Gasteiger partial charge is 0.591 e. The lowest BCUT2D eigenvalue weighted by Gasteiger charge is -2.17. The molecule has 0 radical (unpaired) electrons. The van der Waals surface area contributed by atoms with E-state index in [1.165, 1.54) is 0 Å². The van der Waals surface area contributed by atoms with Crippen LogP contribution in [0.1, 0.15) is 32.0 Å². The van der Waals surface area contributed by atoms with Gasteiger partial charge >= 0.3 is 0 Å². The van der Waals surface area contributed by atoms with Crippen molar-refractivity contribution in [2.75, 3.05) is 0 Å². The lowest BCUT2D eigenvalue weighted by Crippen LogP contribution is -2.25. The van der Waals surface area contributed by atoms with Crippen molar-refractivity contribution in [1.82, 2.24) is 9.61 Å². The van der Waals surface area contributed by atoms with Crippen molar-refractivity contribution in [3.05, 3.63) is 34.1 Å². The lowest BCUT2D eigenvalue weighted by atomic mass is 10.3. The van der Waals surface area contributed by atoms with Crippen LogP contribution in [0.4, 0.5) is 0 Å². The topological polar surface area (TPSA) is 52.7 Å². The number of fused-ring (bicyclic) bond motifs is 1. The molecule has 2 heterocycles. The predicted octanol–water partition coefficient (Wildman–Crippen LogP) is 3.29. The molecule has 0 aliphatic rings. The summed E-state index contributed by atoms with van der Waals surface area (Å²) >= 11 is 2.21. The molecule has 0 N–H and O–H groups in total. The number of aromatic nitrogens is 2. The van der Waals surface area contributed by atoms with Gasteiger partial charge in [-0.2, -0.15) is 5.10 Å². The minimum atomic E-state index is -1.26. The van der Waals surface area contributed by atoms with Gasteiger partial charge in [-0.05, 0) is 67.4 Å². The predicted molar refractivity (Wildman–Crippen MR) is 83.1 cm³/mol. The van der Waals surface area contributed by atoms with Gasteiger partial charge in [-0.25, -0.2) is 4.52 Å². The molecule has 0 bridgehead atoms. The molecule has 6 heteroatoms. The van der Waals surface area contributed by atoms with Gasteiger partial charge in [0.15, 0.2) is 0 Å². The maximum Gasteiger partial charge on any atom is 0.144 e. The van der Waals surface area contributed by atoms with Crippen LogP contribution in [0.3, 0.4) is 0 Å². The third-order valence-electron chi connectivity index (χ3n) is 2.49. The average Bonchev–Trinajstić information content (AvgIpc) is 2.67. The zero-order chi connectivity index (χ0) is 14.2. The standard InChI is InChI=1S/C13H16BrN3OS/c1-9-5-11-7-10(16-17(11)12(14)6-9)8-15-19(18)13(2,3)4/h5-8H,1-4H3/b15-8+/t19-/m1/s1. The van der Waals surface area contributed by atoms with Crippen molar-refractivity contribution in [3.8, 4) is 0 Å². The van der Waals surface area contributed by atoms with E-state index < -0.39 is 11.4 Å². The molecule has 0 fully saturated rings. The van der Waals surface area contributed by atoms with Crippen molar-refractivity contribution in [1.29, 1.82) is 0 Å². The Balaban J connectivity index is 2.32. The summed E-state index contributed by atoms with van der Waals surface area (Å²) in [6.07, 6.45) is 1.57. The van der Waals surface area contributed by atoms with Gasteiger partial charge in [0.25, 0.3) is 0 Å². The van der Waals surface area contributed by atoms with E-state index in [0.29, 0.717) is 5.69 Å². The van der Waals surface area contributed by atoms with Gasteiger partial charge in [-0.15, -0.1) is 0 Å². The van der Waals surface area contributed by atoms with Crippen LogP contribution in [0.5, 0.6) is 0 Å². The van der Waals surface area contributed by atoms with Crippen LogP contribution in [0.15, 0.2) is 27.2 Å². The second kappa shape index (κ2) is 5.26. The Labute approximate surface area is 124 Å². The molecule has 19 heavy (non-hydrogen) atoms. The van der Waals surface area contributed by atoms with E-state index in [2.05, 4.69) is 25.4 Å². The fourth-order valence-electron chi connectivity index (χ4n) is 1.54. The molecule has 0 saturated carbocycles. The molecule has 2 aromatic rings. The normalized spacial score (nSPS) is 14.4. The summed E-state index contributed by atoms with van der Waals surface area (Å²) in [5, 5.41) is 4.39. The van der Waals surface area contributed by atoms with Crippen molar-refractivity contribution in [2.24, 2.45) is 4.40 Å². The fraction of sp³-hybridized carbons (Fsp3) is 0.385. The monoisotopic (exact) mass is 341 g/mol. The molecule has 4 nitrogen and oxygen atoms in total. The Hall–Kier alpha value is -0.850. The number of hydrogen-bond acceptors (Lipinski definition) is 3. The number of pyridine rings is 1. The highest BCUT2D eigenvalue weighted by atomic mass is 79.9. The first-order valence-electron chi connectivity index (χ1n) is 5.89. The van der Waals surface area contributed by atoms with E-state index in [1.54, 1.807) is 10.7 Å². The molecular weight excluding hydrogens is 326 g/mol. The molecule has 0 spiro atoms. The van der Waals surface area contributed by atoms with E-state index in [1.807, 2.05) is 45.9 Å². The van der Waals surface area contributed by atoms with Gasteiger partial charge < -0.3 is 4.55 Å². The molecule has 0 amide bonds. The summed E-state index contributed by atoms with van der Waals surface area (Å²) in [6.45, 7) is 7.71. The zero-order valence-corrected chi connectivity index (χ0v) is 13.7. The Morgan fingerprint density at radius 1 is 1.37 bits per heavy atom. The average molecular weight is 342 g/mol. The number of hydrogen-bond donors (Lipinski definition) is 0. The number of rotatable bonds is 2. The Morgan fingerprint density at radius 2 is 2.05 bits per heavy atom. The second-order valence-electron chi connectivity index (χ2n) is 5.36. The third kappa shape index (κ3) is 3.38. The summed E-state index contributed by atoms with van der Waals surface area (Å²) in [4.78, 5) is 0. The molecule has 0 aromatic carbocycles. The second-order valence-corrected chi connectivity index (χ2v) is 8.10. The van der Waals surface area contributed by atoms with Crippen LogP contribution >= 0.6 is 15.9 Å². The molecule has 2 aromatic heterocycles. The highest BCUT2D eigenvalue weighted by molar-refractivity contribution is 9.10. The van der Waals surface area contributed by atoms with Crippen molar-refractivity contribution in [3.63, 3.8) is 0 Å². The summed E-state index contributed by atoms with van der Waals surface area (Å²) in [5.74, 6) is 0. The molecule has 0 unspecified atom stereocenters. The number of aryl methyl sites for hydroxylation is 1. The Bertz CT molecular complexity index is 631. The summed E-state index contributed by atoms with van der Waals surface area (Å²) in [5.41, 5.74) is 2.83. The van der Waals surface area contributed by atoms with Crippen molar-refractivity contribution < 1.29 is 4.55 Å². The first-order chi connectivity index (χ1) is 8.77. The zero-order valence-electron chi connectivity index (χ0n) is 11.3. The summed E-state index contributed by atoms with van der Waals surface area (Å²) < 4.78 is 18.2. The Morgan fingerprint density at radius 3 is 2.68 bits per heavy atom. The molecule has 2 rings (SSSR count). The van der Waals surface area contributed by atoms with Crippen molar-refractivity contribution in [2.45, 2.75) is 32.4 Å². The van der Waals surface area contributed by atoms with Crippen LogP contribution in [0, 0.1) is 6.92 Å². The quantitative estimate of drug-likeness (QED) is 0.478. The highest BCUT2D eigenvalue weighted by Gasteiger charge is 2.25. The molecule has 0 aliphatic heterocycles. The van der Waals surface area contributed by atoms with Gasteiger partial charge in [0, 0.05) is 0 Å². The SMILES string of the molecule is Cc1cc(Br)n2nc(/C=N/[S@+]([O-])C(C)(C)C)cc2c1. The molecule has 0 aliphatic carbocycles. The van der Waals surface area contributed by atoms with E-state index in [4.69, 9.17) is 0 Å². The first kappa shape index (κ1) is 14.6. The molecular formula is C13H16BrN3OS. The fourth-order valence-corrected chi connectivity index (χ4v) is 2.70. The van der Waals surface area contributed by atoms with Crippen LogP contribution < -0.4 is 0 Å². The summed E-state index contributed by atoms with van der Waals surface area (Å²) in [7, 11) is 0. The number of nitrogens with zero attached hydrogens (tertiary/aromatic N) is 3. The maximum absolute atomic E-state index is 11.8. The van der Waals surface area contributed by atoms with Crippen LogP contribution in [-0.4, -0.2) is 25.1 Å². The van der Waals surface area contributed by atoms with E-state index >= 15 is 0 Å². The van der Waals surface area contributed by atoms with E-state index in [0.717, 1.165) is 15.7 Å². The van der Waals surface area contributed by atoms with E-state index in [9.17, 15) is 4.55 Å². The Kier molecular flexibility index (Phi) is 4.03. The van der Waals surface area contributed by atoms with E-state index in [-0.39, 0.29) is 4.75 Å². The smallest absolute Gasteiger partial charge is 0.144 e. The first-order valence-corrected chi connectivity index (χ1v) is 7.79. The van der Waals surface area contributed by atoms with Gasteiger partial charge in [0.05, 0.1) is 5.52 Å². The minimum Gasteiger partial charge on any atom is -0.591 e. The maximum atomic E-state index is 11.8. The van der Waals surface area contributed by atoms with Gasteiger partial charge in [0.2, 0.25) is 0 Å². The van der Waals surface area contributed by atoms with Gasteiger partial charge in [0.1, 0.15) is 32.6 Å². The van der Waals surface area contributed by atoms with Crippen LogP contribution in [0.2, 0.25) is 0 Å². The van der Waals surface area contributed by atoms with Crippen LogP contribution in [-0.2, 0) is 11.4 Å². The highest BCUT2D eigenvalue weighted by Crippen LogP contribution is 2.18. The minimum absolute atomic E-state index is 0.354. The molecule has 102 valence electrons. The lowest BCUT2D eigenvalue weighted by molar-refractivity contribution is 0.562.